The molecule has 3 atom stereocenters. The molecular formula is C36H35F3N4O7. The number of pyridine rings is 1. The van der Waals surface area contributed by atoms with Crippen molar-refractivity contribution in [1.82, 2.24) is 14.4 Å². The molecule has 1 spiro atoms. The molecule has 0 radical (unpaired) electrons. The molecule has 4 heterocycles. The first kappa shape index (κ1) is 34.5. The highest BCUT2D eigenvalue weighted by Gasteiger charge is 2.52. The van der Waals surface area contributed by atoms with Gasteiger partial charge in [-0.3, -0.25) is 14.4 Å². The van der Waals surface area contributed by atoms with Crippen LogP contribution < -0.4 is 10.2 Å². The maximum atomic E-state index is 14.9. The number of carbonyl (C=O) groups is 3. The zero-order valence-electron chi connectivity index (χ0n) is 27.8. The normalized spacial score (nSPS) is 20.9. The van der Waals surface area contributed by atoms with Gasteiger partial charge in [0.25, 0.3) is 11.8 Å². The van der Waals surface area contributed by atoms with E-state index >= 15 is 0 Å². The Hall–Kier alpha value is -5.40. The van der Waals surface area contributed by atoms with Crippen LogP contribution in [-0.2, 0) is 22.7 Å². The van der Waals surface area contributed by atoms with Gasteiger partial charge in [0.15, 0.2) is 17.0 Å². The van der Waals surface area contributed by atoms with E-state index in [1.54, 1.807) is 70.2 Å². The SMILES string of the molecule is C[C@H]1C=C[C@]2(CC(CF)=NO2)[C@H]2CN1C(=O)c1c(OCc3ccccc3)c(=O)c(C(=O)N(Cc3ccc(F)cc3F)C(=O)OC(C)(C)C)cn12. The van der Waals surface area contributed by atoms with Crippen LogP contribution in [0.4, 0.5) is 18.0 Å². The third-order valence-corrected chi connectivity index (χ3v) is 8.71. The minimum absolute atomic E-state index is 0.0162. The van der Waals surface area contributed by atoms with Crippen LogP contribution in [-0.4, -0.2) is 68.4 Å². The fourth-order valence-corrected chi connectivity index (χ4v) is 6.20. The smallest absolute Gasteiger partial charge is 0.417 e. The van der Waals surface area contributed by atoms with Crippen LogP contribution in [0.3, 0.4) is 0 Å². The second-order valence-corrected chi connectivity index (χ2v) is 13.4. The summed E-state index contributed by atoms with van der Waals surface area (Å²) in [5, 5.41) is 3.94. The zero-order chi connectivity index (χ0) is 36.0. The summed E-state index contributed by atoms with van der Waals surface area (Å²) in [4.78, 5) is 64.4. The van der Waals surface area contributed by atoms with Gasteiger partial charge in [0, 0.05) is 36.8 Å². The Morgan fingerprint density at radius 1 is 1.12 bits per heavy atom. The Kier molecular flexibility index (Phi) is 9.06. The Bertz CT molecular complexity index is 1970. The molecule has 3 aliphatic heterocycles. The van der Waals surface area contributed by atoms with Crippen molar-refractivity contribution < 1.29 is 41.9 Å². The number of fused-ring (bicyclic) bond motifs is 5. The fourth-order valence-electron chi connectivity index (χ4n) is 6.20. The van der Waals surface area contributed by atoms with Crippen molar-refractivity contribution in [3.8, 4) is 5.75 Å². The predicted octanol–water partition coefficient (Wildman–Crippen LogP) is 5.72. The van der Waals surface area contributed by atoms with Crippen LogP contribution in [0.15, 0.2) is 76.8 Å². The second-order valence-electron chi connectivity index (χ2n) is 13.4. The van der Waals surface area contributed by atoms with Crippen LogP contribution in [0.25, 0.3) is 0 Å². The molecule has 0 N–H and O–H groups in total. The van der Waals surface area contributed by atoms with Crippen LogP contribution in [0.2, 0.25) is 0 Å². The van der Waals surface area contributed by atoms with E-state index in [4.69, 9.17) is 14.3 Å². The van der Waals surface area contributed by atoms with E-state index in [-0.39, 0.29) is 36.5 Å². The van der Waals surface area contributed by atoms with Crippen molar-refractivity contribution >= 4 is 23.6 Å². The Morgan fingerprint density at radius 2 is 1.86 bits per heavy atom. The van der Waals surface area contributed by atoms with Gasteiger partial charge in [-0.15, -0.1) is 0 Å². The number of imide groups is 1. The van der Waals surface area contributed by atoms with E-state index < -0.39 is 82.8 Å². The Morgan fingerprint density at radius 3 is 2.52 bits per heavy atom. The third-order valence-electron chi connectivity index (χ3n) is 8.71. The lowest BCUT2D eigenvalue weighted by Crippen LogP contribution is -2.53. The van der Waals surface area contributed by atoms with Crippen LogP contribution in [0.5, 0.6) is 5.75 Å². The number of hydrogen-bond donors (Lipinski definition) is 0. The van der Waals surface area contributed by atoms with Crippen LogP contribution in [0, 0.1) is 11.6 Å². The summed E-state index contributed by atoms with van der Waals surface area (Å²) in [5.74, 6) is -4.14. The number of oxime groups is 1. The number of benzene rings is 2. The summed E-state index contributed by atoms with van der Waals surface area (Å²) >= 11 is 0. The number of aromatic nitrogens is 1. The minimum atomic E-state index is -1.31. The topological polar surface area (TPSA) is 120 Å². The predicted molar refractivity (Wildman–Crippen MR) is 174 cm³/mol. The number of rotatable bonds is 7. The number of alkyl halides is 1. The Balaban J connectivity index is 1.53. The number of halogens is 3. The largest absolute Gasteiger partial charge is 0.483 e. The summed E-state index contributed by atoms with van der Waals surface area (Å²) in [7, 11) is 0. The second kappa shape index (κ2) is 13.1. The maximum Gasteiger partial charge on any atom is 0.417 e. The molecule has 11 nitrogen and oxygen atoms in total. The average molecular weight is 693 g/mol. The quantitative estimate of drug-likeness (QED) is 0.291. The zero-order valence-corrected chi connectivity index (χ0v) is 27.8. The van der Waals surface area contributed by atoms with Gasteiger partial charge in [-0.2, -0.15) is 0 Å². The lowest BCUT2D eigenvalue weighted by atomic mass is 9.87. The van der Waals surface area contributed by atoms with Gasteiger partial charge in [-0.05, 0) is 45.4 Å². The lowest BCUT2D eigenvalue weighted by molar-refractivity contribution is -0.0318. The molecule has 3 aliphatic rings. The van der Waals surface area contributed by atoms with E-state index in [9.17, 15) is 32.3 Å². The molecule has 2 aromatic carbocycles. The highest BCUT2D eigenvalue weighted by atomic mass is 19.1. The highest BCUT2D eigenvalue weighted by molar-refractivity contribution is 6.04. The number of ether oxygens (including phenoxy) is 2. The van der Waals surface area contributed by atoms with Crippen molar-refractivity contribution in [2.24, 2.45) is 5.16 Å². The van der Waals surface area contributed by atoms with E-state index in [1.807, 2.05) is 0 Å². The van der Waals surface area contributed by atoms with Crippen LogP contribution >= 0.6 is 0 Å². The maximum absolute atomic E-state index is 14.9. The molecular weight excluding hydrogens is 657 g/mol. The van der Waals surface area contributed by atoms with Crippen molar-refractivity contribution in [3.63, 3.8) is 0 Å². The molecule has 0 saturated carbocycles. The molecule has 0 unspecified atom stereocenters. The Labute approximate surface area is 285 Å². The average Bonchev–Trinajstić information content (AvgIpc) is 3.45. The number of hydrogen-bond acceptors (Lipinski definition) is 8. The molecule has 6 rings (SSSR count). The first-order valence-electron chi connectivity index (χ1n) is 16.0. The lowest BCUT2D eigenvalue weighted by Gasteiger charge is -2.42. The van der Waals surface area contributed by atoms with Crippen molar-refractivity contribution in [3.05, 3.63) is 111 Å². The van der Waals surface area contributed by atoms with Gasteiger partial charge >= 0.3 is 6.09 Å². The first-order chi connectivity index (χ1) is 23.7. The molecule has 50 heavy (non-hydrogen) atoms. The van der Waals surface area contributed by atoms with Gasteiger partial charge in [0.05, 0.1) is 18.3 Å². The molecule has 0 saturated heterocycles. The van der Waals surface area contributed by atoms with Gasteiger partial charge in [0.1, 0.15) is 36.1 Å². The monoisotopic (exact) mass is 692 g/mol. The standard InChI is InChI=1S/C36H35F3N4O7/c1-21-12-13-36(15-25(16-37)40-50-36)28-19-41(21)33(46)29-31(48-20-22-8-6-5-7-9-22)30(44)26(18-42(28)29)32(45)43(34(47)49-35(2,3)4)17-23-10-11-24(38)14-27(23)39/h5-14,18,21,28H,15-17,19-20H2,1-4H3/t21-,28+,36-/m0/s1. The molecule has 0 fully saturated rings. The summed E-state index contributed by atoms with van der Waals surface area (Å²) in [6.07, 6.45) is 3.38. The number of amides is 3. The molecule has 3 aromatic rings. The molecule has 1 aromatic heterocycles. The molecule has 3 amide bonds. The first-order valence-corrected chi connectivity index (χ1v) is 16.0. The summed E-state index contributed by atoms with van der Waals surface area (Å²) in [5.41, 5.74) is -3.67. The molecule has 0 aliphatic carbocycles. The van der Waals surface area contributed by atoms with Crippen molar-refractivity contribution in [2.75, 3.05) is 13.2 Å². The fraction of sp³-hybridized carbons (Fsp3) is 0.361. The molecule has 262 valence electrons. The van der Waals surface area contributed by atoms with Gasteiger partial charge in [-0.25, -0.2) is 22.9 Å². The van der Waals surface area contributed by atoms with Crippen molar-refractivity contribution in [2.45, 2.75) is 70.6 Å². The highest BCUT2D eigenvalue weighted by Crippen LogP contribution is 2.44. The van der Waals surface area contributed by atoms with E-state index in [1.165, 1.54) is 9.47 Å². The van der Waals surface area contributed by atoms with Gasteiger partial charge < -0.3 is 23.8 Å². The van der Waals surface area contributed by atoms with E-state index in [0.717, 1.165) is 18.3 Å². The third kappa shape index (κ3) is 6.49. The van der Waals surface area contributed by atoms with E-state index in [2.05, 4.69) is 5.16 Å². The van der Waals surface area contributed by atoms with Crippen LogP contribution in [0.1, 0.15) is 72.1 Å². The number of carbonyl (C=O) groups excluding carboxylic acids is 3. The molecule has 14 heteroatoms. The van der Waals surface area contributed by atoms with Gasteiger partial charge in [0.2, 0.25) is 5.43 Å². The summed E-state index contributed by atoms with van der Waals surface area (Å²) < 4.78 is 55.4. The van der Waals surface area contributed by atoms with Gasteiger partial charge in [-0.1, -0.05) is 47.6 Å². The number of nitrogens with zero attached hydrogens (tertiary/aromatic N) is 4. The summed E-state index contributed by atoms with van der Waals surface area (Å²) in [6, 6.07) is 10.1. The van der Waals surface area contributed by atoms with Crippen molar-refractivity contribution in [1.29, 1.82) is 0 Å². The molecule has 2 bridgehead atoms. The van der Waals surface area contributed by atoms with E-state index in [0.29, 0.717) is 16.5 Å². The summed E-state index contributed by atoms with van der Waals surface area (Å²) in [6.45, 7) is 4.71. The minimum Gasteiger partial charge on any atom is -0.483 e.